The number of benzene rings is 2. The first kappa shape index (κ1) is 20.4. The molecule has 1 heterocycles. The maximum atomic E-state index is 12.7. The number of aromatic nitrogens is 1. The number of amides is 1. The van der Waals surface area contributed by atoms with Crippen molar-refractivity contribution in [1.29, 1.82) is 0 Å². The first-order chi connectivity index (χ1) is 13.8. The minimum atomic E-state index is -3.46. The van der Waals surface area contributed by atoms with Gasteiger partial charge in [0.05, 0.1) is 32.3 Å². The topological polar surface area (TPSA) is 112 Å². The van der Waals surface area contributed by atoms with Gasteiger partial charge in [-0.25, -0.2) is 8.42 Å². The van der Waals surface area contributed by atoms with E-state index >= 15 is 0 Å². The standard InChI is InChI=1S/C19H15N3O5S2/c1-3-10-21-16-12-14(22(24)25)8-9-17(16)28-19(21)20-18(23)13-6-5-7-15(11-13)29(26,27)4-2/h1,5-9,11-12H,4,10H2,2H3. The second-order valence-electron chi connectivity index (χ2n) is 5.93. The summed E-state index contributed by atoms with van der Waals surface area (Å²) in [6.07, 6.45) is 5.41. The quantitative estimate of drug-likeness (QED) is 0.352. The summed E-state index contributed by atoms with van der Waals surface area (Å²) in [5.41, 5.74) is 0.516. The number of hydrogen-bond acceptors (Lipinski definition) is 6. The number of carbonyl (C=O) groups excluding carboxylic acids is 1. The Balaban J connectivity index is 2.14. The highest BCUT2D eigenvalue weighted by Crippen LogP contribution is 2.23. The first-order valence-corrected chi connectivity index (χ1v) is 10.9. The van der Waals surface area contributed by atoms with Gasteiger partial charge in [-0.15, -0.1) is 6.42 Å². The van der Waals surface area contributed by atoms with Gasteiger partial charge in [0.25, 0.3) is 11.6 Å². The van der Waals surface area contributed by atoms with Gasteiger partial charge in [-0.1, -0.05) is 30.2 Å². The Bertz CT molecular complexity index is 1340. The van der Waals surface area contributed by atoms with Gasteiger partial charge in [-0.3, -0.25) is 14.9 Å². The van der Waals surface area contributed by atoms with Crippen molar-refractivity contribution in [2.75, 3.05) is 5.75 Å². The van der Waals surface area contributed by atoms with Crippen LogP contribution in [0.15, 0.2) is 52.4 Å². The predicted octanol–water partition coefficient (Wildman–Crippen LogP) is 2.78. The van der Waals surface area contributed by atoms with Crippen LogP contribution in [0, 0.1) is 22.5 Å². The van der Waals surface area contributed by atoms with Gasteiger partial charge in [-0.05, 0) is 24.3 Å². The van der Waals surface area contributed by atoms with Crippen LogP contribution in [0.5, 0.6) is 0 Å². The zero-order chi connectivity index (χ0) is 21.2. The summed E-state index contributed by atoms with van der Waals surface area (Å²) in [7, 11) is -3.46. The highest BCUT2D eigenvalue weighted by atomic mass is 32.2. The maximum absolute atomic E-state index is 12.7. The molecule has 0 saturated heterocycles. The van der Waals surface area contributed by atoms with Gasteiger partial charge >= 0.3 is 0 Å². The van der Waals surface area contributed by atoms with Crippen molar-refractivity contribution >= 4 is 43.0 Å². The van der Waals surface area contributed by atoms with Crippen molar-refractivity contribution in [3.8, 4) is 12.3 Å². The average Bonchev–Trinajstić information content (AvgIpc) is 3.04. The highest BCUT2D eigenvalue weighted by Gasteiger charge is 2.16. The zero-order valence-corrected chi connectivity index (χ0v) is 16.9. The third-order valence-electron chi connectivity index (χ3n) is 4.14. The number of fused-ring (bicyclic) bond motifs is 1. The fraction of sp³-hybridized carbons (Fsp3) is 0.158. The van der Waals surface area contributed by atoms with Crippen LogP contribution in [-0.4, -0.2) is 29.6 Å². The third kappa shape index (κ3) is 4.11. The minimum Gasteiger partial charge on any atom is -0.304 e. The number of nitro groups is 1. The molecule has 0 bridgehead atoms. The molecule has 0 radical (unpaired) electrons. The summed E-state index contributed by atoms with van der Waals surface area (Å²) in [4.78, 5) is 27.6. The molecular weight excluding hydrogens is 414 g/mol. The van der Waals surface area contributed by atoms with Crippen LogP contribution < -0.4 is 4.80 Å². The number of carbonyl (C=O) groups is 1. The van der Waals surface area contributed by atoms with Crippen LogP contribution in [0.4, 0.5) is 5.69 Å². The highest BCUT2D eigenvalue weighted by molar-refractivity contribution is 7.91. The molecule has 0 aliphatic carbocycles. The van der Waals surface area contributed by atoms with Crippen molar-refractivity contribution < 1.29 is 18.1 Å². The lowest BCUT2D eigenvalue weighted by molar-refractivity contribution is -0.384. The predicted molar refractivity (Wildman–Crippen MR) is 109 cm³/mol. The molecule has 0 aliphatic rings. The Morgan fingerprint density at radius 3 is 2.72 bits per heavy atom. The normalized spacial score (nSPS) is 12.1. The van der Waals surface area contributed by atoms with Gasteiger partial charge < -0.3 is 4.57 Å². The van der Waals surface area contributed by atoms with Crippen LogP contribution in [0.1, 0.15) is 17.3 Å². The SMILES string of the molecule is C#CCn1c(=NC(=O)c2cccc(S(=O)(=O)CC)c2)sc2ccc([N+](=O)[O-])cc21. The first-order valence-electron chi connectivity index (χ1n) is 8.40. The number of sulfone groups is 1. The van der Waals surface area contributed by atoms with Gasteiger partial charge in [0.1, 0.15) is 0 Å². The molecule has 29 heavy (non-hydrogen) atoms. The van der Waals surface area contributed by atoms with E-state index in [1.807, 2.05) is 0 Å². The van der Waals surface area contributed by atoms with Crippen molar-refractivity contribution in [3.63, 3.8) is 0 Å². The number of non-ortho nitro benzene ring substituents is 1. The molecule has 1 aromatic heterocycles. The minimum absolute atomic E-state index is 0.0458. The summed E-state index contributed by atoms with van der Waals surface area (Å²) in [6, 6.07) is 9.98. The van der Waals surface area contributed by atoms with Crippen molar-refractivity contribution in [2.24, 2.45) is 4.99 Å². The van der Waals surface area contributed by atoms with E-state index in [4.69, 9.17) is 6.42 Å². The summed E-state index contributed by atoms with van der Waals surface area (Å²) in [6.45, 7) is 1.59. The molecule has 0 unspecified atom stereocenters. The lowest BCUT2D eigenvalue weighted by Crippen LogP contribution is -2.16. The van der Waals surface area contributed by atoms with E-state index < -0.39 is 20.7 Å². The summed E-state index contributed by atoms with van der Waals surface area (Å²) in [5.74, 6) is 1.73. The Kier molecular flexibility index (Phi) is 5.63. The molecule has 0 fully saturated rings. The largest absolute Gasteiger partial charge is 0.304 e. The van der Waals surface area contributed by atoms with E-state index in [9.17, 15) is 23.3 Å². The number of hydrogen-bond donors (Lipinski definition) is 0. The molecule has 2 aromatic carbocycles. The van der Waals surface area contributed by atoms with Gasteiger partial charge in [0.15, 0.2) is 14.6 Å². The molecule has 148 valence electrons. The van der Waals surface area contributed by atoms with E-state index in [1.54, 1.807) is 6.07 Å². The molecule has 0 saturated carbocycles. The molecular formula is C19H15N3O5S2. The molecule has 10 heteroatoms. The lowest BCUT2D eigenvalue weighted by atomic mass is 10.2. The van der Waals surface area contributed by atoms with Crippen LogP contribution in [0.25, 0.3) is 10.2 Å². The molecule has 8 nitrogen and oxygen atoms in total. The molecule has 0 spiro atoms. The molecule has 0 atom stereocenters. The van der Waals surface area contributed by atoms with Crippen LogP contribution in [-0.2, 0) is 16.4 Å². The Hall–Kier alpha value is -3.29. The average molecular weight is 429 g/mol. The fourth-order valence-electron chi connectivity index (χ4n) is 2.64. The summed E-state index contributed by atoms with van der Waals surface area (Å²) < 4.78 is 26.3. The monoisotopic (exact) mass is 429 g/mol. The number of terminal acetylenes is 1. The van der Waals surface area contributed by atoms with Crippen LogP contribution in [0.2, 0.25) is 0 Å². The zero-order valence-electron chi connectivity index (χ0n) is 15.2. The van der Waals surface area contributed by atoms with Gasteiger partial charge in [0, 0.05) is 17.7 Å². The molecule has 3 rings (SSSR count). The molecule has 0 N–H and O–H groups in total. The van der Waals surface area contributed by atoms with E-state index in [0.29, 0.717) is 10.2 Å². The Labute approximate surface area is 170 Å². The number of nitrogens with zero attached hydrogens (tertiary/aromatic N) is 3. The van der Waals surface area contributed by atoms with Crippen molar-refractivity contribution in [3.05, 3.63) is 62.9 Å². The molecule has 1 amide bonds. The second kappa shape index (κ2) is 7.98. The van der Waals surface area contributed by atoms with Gasteiger partial charge in [0.2, 0.25) is 0 Å². The number of nitro benzene ring substituents is 1. The summed E-state index contributed by atoms with van der Waals surface area (Å²) in [5, 5.41) is 11.1. The smallest absolute Gasteiger partial charge is 0.279 e. The van der Waals surface area contributed by atoms with Gasteiger partial charge in [-0.2, -0.15) is 4.99 Å². The van der Waals surface area contributed by atoms with E-state index in [-0.39, 0.29) is 33.2 Å². The molecule has 3 aromatic rings. The summed E-state index contributed by atoms with van der Waals surface area (Å²) >= 11 is 1.16. The molecule has 0 aliphatic heterocycles. The van der Waals surface area contributed by atoms with Crippen LogP contribution >= 0.6 is 11.3 Å². The van der Waals surface area contributed by atoms with E-state index in [0.717, 1.165) is 11.3 Å². The lowest BCUT2D eigenvalue weighted by Gasteiger charge is -2.03. The van der Waals surface area contributed by atoms with E-state index in [1.165, 1.54) is 47.9 Å². The Morgan fingerprint density at radius 2 is 2.07 bits per heavy atom. The third-order valence-corrected chi connectivity index (χ3v) is 6.93. The van der Waals surface area contributed by atoms with Crippen molar-refractivity contribution in [1.82, 2.24) is 4.57 Å². The second-order valence-corrected chi connectivity index (χ2v) is 9.22. The number of thiazole rings is 1. The number of rotatable bonds is 5. The van der Waals surface area contributed by atoms with Crippen molar-refractivity contribution in [2.45, 2.75) is 18.4 Å². The maximum Gasteiger partial charge on any atom is 0.279 e. The Morgan fingerprint density at radius 1 is 1.31 bits per heavy atom. The van der Waals surface area contributed by atoms with Crippen LogP contribution in [0.3, 0.4) is 0 Å². The fourth-order valence-corrected chi connectivity index (χ4v) is 4.57. The van der Waals surface area contributed by atoms with E-state index in [2.05, 4.69) is 10.9 Å².